The van der Waals surface area contributed by atoms with Gasteiger partial charge < -0.3 is 15.4 Å². The summed E-state index contributed by atoms with van der Waals surface area (Å²) in [4.78, 5) is 0. The van der Waals surface area contributed by atoms with Crippen molar-refractivity contribution in [3.63, 3.8) is 0 Å². The molecule has 0 aliphatic heterocycles. The number of ether oxygens (including phenoxy) is 1. The van der Waals surface area contributed by atoms with Gasteiger partial charge in [-0.25, -0.2) is 0 Å². The van der Waals surface area contributed by atoms with Crippen LogP contribution in [0.5, 0.6) is 5.75 Å². The Balaban J connectivity index is 1.99. The van der Waals surface area contributed by atoms with Crippen molar-refractivity contribution >= 4 is 38.9 Å². The molecule has 116 valence electrons. The number of hydrogen-bond donors (Lipinski definition) is 2. The van der Waals surface area contributed by atoms with E-state index in [4.69, 9.17) is 17.0 Å². The fourth-order valence-corrected chi connectivity index (χ4v) is 2.64. The van der Waals surface area contributed by atoms with Gasteiger partial charge in [-0.3, -0.25) is 0 Å². The SMILES string of the molecule is CCC(NC(=S)Nc1ccc(Br)cc1)c1ccc(OC)cc1. The molecule has 0 saturated heterocycles. The van der Waals surface area contributed by atoms with Gasteiger partial charge in [-0.05, 0) is 60.6 Å². The maximum Gasteiger partial charge on any atom is 0.171 e. The molecule has 0 heterocycles. The third-order valence-corrected chi connectivity index (χ3v) is 4.08. The highest BCUT2D eigenvalue weighted by molar-refractivity contribution is 9.10. The summed E-state index contributed by atoms with van der Waals surface area (Å²) >= 11 is 8.82. The van der Waals surface area contributed by atoms with Crippen LogP contribution in [-0.4, -0.2) is 12.2 Å². The molecule has 2 rings (SSSR count). The van der Waals surface area contributed by atoms with Crippen molar-refractivity contribution in [3.8, 4) is 5.75 Å². The summed E-state index contributed by atoms with van der Waals surface area (Å²) in [5.74, 6) is 0.856. The van der Waals surface area contributed by atoms with Crippen LogP contribution in [0.3, 0.4) is 0 Å². The number of methoxy groups -OCH3 is 1. The van der Waals surface area contributed by atoms with Crippen LogP contribution in [0.4, 0.5) is 5.69 Å². The summed E-state index contributed by atoms with van der Waals surface area (Å²) in [6.07, 6.45) is 0.939. The fraction of sp³-hybridized carbons (Fsp3) is 0.235. The molecular weight excluding hydrogens is 360 g/mol. The van der Waals surface area contributed by atoms with Gasteiger partial charge in [0.05, 0.1) is 13.2 Å². The maximum atomic E-state index is 5.40. The third kappa shape index (κ3) is 4.71. The van der Waals surface area contributed by atoms with E-state index in [-0.39, 0.29) is 6.04 Å². The van der Waals surface area contributed by atoms with Gasteiger partial charge in [0.1, 0.15) is 5.75 Å². The number of halogens is 1. The molecule has 0 saturated carbocycles. The van der Waals surface area contributed by atoms with Gasteiger partial charge in [0.15, 0.2) is 5.11 Å². The quantitative estimate of drug-likeness (QED) is 0.725. The number of rotatable bonds is 5. The zero-order chi connectivity index (χ0) is 15.9. The van der Waals surface area contributed by atoms with Crippen molar-refractivity contribution in [1.29, 1.82) is 0 Å². The van der Waals surface area contributed by atoms with Crippen molar-refractivity contribution in [2.24, 2.45) is 0 Å². The largest absolute Gasteiger partial charge is 0.497 e. The Kier molecular flexibility index (Phi) is 6.21. The molecule has 0 radical (unpaired) electrons. The molecule has 5 heteroatoms. The van der Waals surface area contributed by atoms with Crippen molar-refractivity contribution in [3.05, 3.63) is 58.6 Å². The van der Waals surface area contributed by atoms with Gasteiger partial charge in [-0.15, -0.1) is 0 Å². The summed E-state index contributed by atoms with van der Waals surface area (Å²) in [5, 5.41) is 7.17. The summed E-state index contributed by atoms with van der Waals surface area (Å²) in [5.41, 5.74) is 2.15. The topological polar surface area (TPSA) is 33.3 Å². The predicted molar refractivity (Wildman–Crippen MR) is 99.5 cm³/mol. The van der Waals surface area contributed by atoms with E-state index in [9.17, 15) is 0 Å². The van der Waals surface area contributed by atoms with Crippen molar-refractivity contribution in [2.75, 3.05) is 12.4 Å². The molecule has 3 nitrogen and oxygen atoms in total. The lowest BCUT2D eigenvalue weighted by molar-refractivity contribution is 0.414. The number of benzene rings is 2. The molecule has 0 aliphatic carbocycles. The first-order valence-corrected chi connectivity index (χ1v) is 8.29. The Morgan fingerprint density at radius 3 is 2.32 bits per heavy atom. The second-order valence-corrected chi connectivity index (χ2v) is 6.16. The van der Waals surface area contributed by atoms with Crippen LogP contribution in [0.2, 0.25) is 0 Å². The molecule has 0 fully saturated rings. The Bertz CT molecular complexity index is 614. The zero-order valence-electron chi connectivity index (χ0n) is 12.6. The predicted octanol–water partition coefficient (Wildman–Crippen LogP) is 4.90. The monoisotopic (exact) mass is 378 g/mol. The van der Waals surface area contributed by atoms with Crippen LogP contribution < -0.4 is 15.4 Å². The average molecular weight is 379 g/mol. The highest BCUT2D eigenvalue weighted by Crippen LogP contribution is 2.20. The molecule has 2 aromatic carbocycles. The molecule has 0 bridgehead atoms. The summed E-state index contributed by atoms with van der Waals surface area (Å²) in [6, 6.07) is 16.1. The van der Waals surface area contributed by atoms with E-state index in [1.165, 1.54) is 5.56 Å². The van der Waals surface area contributed by atoms with E-state index in [0.29, 0.717) is 5.11 Å². The van der Waals surface area contributed by atoms with Crippen LogP contribution in [0, 0.1) is 0 Å². The second-order valence-electron chi connectivity index (χ2n) is 4.84. The first kappa shape index (κ1) is 16.8. The lowest BCUT2D eigenvalue weighted by Gasteiger charge is -2.20. The van der Waals surface area contributed by atoms with E-state index in [2.05, 4.69) is 45.6 Å². The second kappa shape index (κ2) is 8.15. The number of hydrogen-bond acceptors (Lipinski definition) is 2. The molecule has 1 atom stereocenters. The van der Waals surface area contributed by atoms with E-state index in [0.717, 1.165) is 22.3 Å². The Morgan fingerprint density at radius 1 is 1.14 bits per heavy atom. The van der Waals surface area contributed by atoms with Crippen LogP contribution in [0.1, 0.15) is 24.9 Å². The minimum Gasteiger partial charge on any atom is -0.497 e. The maximum absolute atomic E-state index is 5.40. The fourth-order valence-electron chi connectivity index (χ4n) is 2.12. The molecule has 22 heavy (non-hydrogen) atoms. The van der Waals surface area contributed by atoms with Gasteiger partial charge in [-0.2, -0.15) is 0 Å². The van der Waals surface area contributed by atoms with Gasteiger partial charge in [0.2, 0.25) is 0 Å². The average Bonchev–Trinajstić information content (AvgIpc) is 2.55. The molecule has 0 aromatic heterocycles. The highest BCUT2D eigenvalue weighted by atomic mass is 79.9. The first-order valence-electron chi connectivity index (χ1n) is 7.09. The van der Waals surface area contributed by atoms with Crippen molar-refractivity contribution in [2.45, 2.75) is 19.4 Å². The molecule has 1 unspecified atom stereocenters. The van der Waals surface area contributed by atoms with Gasteiger partial charge >= 0.3 is 0 Å². The van der Waals surface area contributed by atoms with Crippen LogP contribution in [0.25, 0.3) is 0 Å². The minimum atomic E-state index is 0.168. The van der Waals surface area contributed by atoms with E-state index in [1.54, 1.807) is 7.11 Å². The van der Waals surface area contributed by atoms with Crippen LogP contribution in [-0.2, 0) is 0 Å². The van der Waals surface area contributed by atoms with Gasteiger partial charge in [-0.1, -0.05) is 35.0 Å². The Morgan fingerprint density at radius 2 is 1.77 bits per heavy atom. The van der Waals surface area contributed by atoms with Gasteiger partial charge in [0, 0.05) is 10.2 Å². The zero-order valence-corrected chi connectivity index (χ0v) is 15.0. The Hall–Kier alpha value is -1.59. The first-order chi connectivity index (χ1) is 10.6. The molecule has 2 N–H and O–H groups in total. The lowest BCUT2D eigenvalue weighted by atomic mass is 10.0. The number of anilines is 1. The molecule has 0 amide bonds. The summed E-state index contributed by atoms with van der Waals surface area (Å²) in [7, 11) is 1.67. The minimum absolute atomic E-state index is 0.168. The van der Waals surface area contributed by atoms with Crippen molar-refractivity contribution < 1.29 is 4.74 Å². The van der Waals surface area contributed by atoms with E-state index < -0.39 is 0 Å². The summed E-state index contributed by atoms with van der Waals surface area (Å²) in [6.45, 7) is 2.13. The van der Waals surface area contributed by atoms with Gasteiger partial charge in [0.25, 0.3) is 0 Å². The smallest absolute Gasteiger partial charge is 0.171 e. The van der Waals surface area contributed by atoms with E-state index in [1.807, 2.05) is 36.4 Å². The third-order valence-electron chi connectivity index (χ3n) is 3.33. The van der Waals surface area contributed by atoms with Crippen LogP contribution >= 0.6 is 28.1 Å². The molecule has 0 spiro atoms. The normalized spacial score (nSPS) is 11.6. The Labute approximate surface area is 145 Å². The highest BCUT2D eigenvalue weighted by Gasteiger charge is 2.10. The van der Waals surface area contributed by atoms with E-state index >= 15 is 0 Å². The molecule has 0 aliphatic rings. The standard InChI is InChI=1S/C17H19BrN2OS/c1-3-16(12-4-10-15(21-2)11-5-12)20-17(22)19-14-8-6-13(18)7-9-14/h4-11,16H,3H2,1-2H3,(H2,19,20,22). The van der Waals surface area contributed by atoms with Crippen molar-refractivity contribution in [1.82, 2.24) is 5.32 Å². The van der Waals surface area contributed by atoms with Crippen LogP contribution in [0.15, 0.2) is 53.0 Å². The summed E-state index contributed by atoms with van der Waals surface area (Å²) < 4.78 is 6.23. The lowest BCUT2D eigenvalue weighted by Crippen LogP contribution is -2.32. The molecule has 2 aromatic rings. The number of thiocarbonyl (C=S) groups is 1. The molecular formula is C17H19BrN2OS. The number of nitrogens with one attached hydrogen (secondary N) is 2.